The van der Waals surface area contributed by atoms with Crippen LogP contribution in [0, 0.1) is 0 Å². The summed E-state index contributed by atoms with van der Waals surface area (Å²) in [4.78, 5) is 24.7. The van der Waals surface area contributed by atoms with E-state index in [1.165, 1.54) is 0 Å². The molecule has 1 fully saturated rings. The maximum atomic E-state index is 12.8. The number of ketones is 1. The van der Waals surface area contributed by atoms with Crippen molar-refractivity contribution >= 4 is 16.8 Å². The molecule has 2 aromatic heterocycles. The molecule has 0 bridgehead atoms. The first-order valence-corrected chi connectivity index (χ1v) is 11.6. The van der Waals surface area contributed by atoms with Crippen LogP contribution in [0.5, 0.6) is 11.6 Å². The first kappa shape index (κ1) is 22.7. The standard InChI is InChI=1S/C25H23N3O3.C2H6/c29-18-11-7-16(8-12-18)20-4-3-15-26-25(20)31-19-13-9-17(10-14-19)23(30)24-27-21-5-1-2-6-22(21)28-24;1-2/h1-6,9-10,13-16,18,29H,7-8,11-12H2,(H,27,28);1-2H3. The van der Waals surface area contributed by atoms with Crippen molar-refractivity contribution in [3.05, 3.63) is 83.8 Å². The molecule has 0 unspecified atom stereocenters. The van der Waals surface area contributed by atoms with Gasteiger partial charge in [-0.25, -0.2) is 9.97 Å². The number of pyridine rings is 1. The highest BCUT2D eigenvalue weighted by molar-refractivity contribution is 6.08. The summed E-state index contributed by atoms with van der Waals surface area (Å²) >= 11 is 0. The summed E-state index contributed by atoms with van der Waals surface area (Å²) in [5, 5.41) is 9.79. The van der Waals surface area contributed by atoms with E-state index in [-0.39, 0.29) is 11.9 Å². The molecule has 0 atom stereocenters. The number of hydrogen-bond donors (Lipinski definition) is 2. The number of rotatable bonds is 5. The third-order valence-electron chi connectivity index (χ3n) is 5.87. The minimum absolute atomic E-state index is 0.165. The van der Waals surface area contributed by atoms with Gasteiger partial charge in [-0.15, -0.1) is 0 Å². The maximum Gasteiger partial charge on any atom is 0.228 e. The summed E-state index contributed by atoms with van der Waals surface area (Å²) in [5.74, 6) is 1.70. The molecule has 170 valence electrons. The number of hydrogen-bond acceptors (Lipinski definition) is 5. The number of nitrogens with zero attached hydrogens (tertiary/aromatic N) is 2. The SMILES string of the molecule is CC.O=C(c1ccc(Oc2ncccc2C2CCC(O)CC2)cc1)c1nc2ccccc2[nH]1. The number of aliphatic hydroxyl groups is 1. The highest BCUT2D eigenvalue weighted by Crippen LogP contribution is 2.37. The van der Waals surface area contributed by atoms with Crippen LogP contribution in [-0.4, -0.2) is 31.9 Å². The quantitative estimate of drug-likeness (QED) is 0.368. The number of nitrogens with one attached hydrogen (secondary N) is 1. The van der Waals surface area contributed by atoms with Crippen LogP contribution in [0.3, 0.4) is 0 Å². The first-order chi connectivity index (χ1) is 16.2. The second-order valence-corrected chi connectivity index (χ2v) is 7.96. The second kappa shape index (κ2) is 10.4. The number of carbonyl (C=O) groups excluding carboxylic acids is 1. The molecule has 6 nitrogen and oxygen atoms in total. The molecule has 0 aliphatic heterocycles. The van der Waals surface area contributed by atoms with E-state index in [0.717, 1.165) is 42.3 Å². The van der Waals surface area contributed by atoms with Crippen molar-refractivity contribution in [1.29, 1.82) is 0 Å². The number of imidazole rings is 1. The molecular weight excluding hydrogens is 414 g/mol. The van der Waals surface area contributed by atoms with Crippen LogP contribution in [0.25, 0.3) is 11.0 Å². The van der Waals surface area contributed by atoms with Gasteiger partial charge in [0.1, 0.15) is 5.75 Å². The summed E-state index contributed by atoms with van der Waals surface area (Å²) in [6.07, 6.45) is 4.97. The van der Waals surface area contributed by atoms with Gasteiger partial charge in [0.05, 0.1) is 17.1 Å². The zero-order chi connectivity index (χ0) is 23.2. The molecule has 1 aliphatic rings. The van der Waals surface area contributed by atoms with E-state index >= 15 is 0 Å². The van der Waals surface area contributed by atoms with Crippen molar-refractivity contribution in [3.8, 4) is 11.6 Å². The molecule has 2 N–H and O–H groups in total. The molecule has 33 heavy (non-hydrogen) atoms. The monoisotopic (exact) mass is 443 g/mol. The normalized spacial score (nSPS) is 17.8. The lowest BCUT2D eigenvalue weighted by molar-refractivity contribution is 0.103. The summed E-state index contributed by atoms with van der Waals surface area (Å²) in [7, 11) is 0. The van der Waals surface area contributed by atoms with Gasteiger partial charge >= 0.3 is 0 Å². The first-order valence-electron chi connectivity index (χ1n) is 11.6. The Morgan fingerprint density at radius 3 is 2.42 bits per heavy atom. The molecule has 0 amide bonds. The van der Waals surface area contributed by atoms with Crippen LogP contribution >= 0.6 is 0 Å². The van der Waals surface area contributed by atoms with Crippen molar-refractivity contribution in [1.82, 2.24) is 15.0 Å². The van der Waals surface area contributed by atoms with E-state index < -0.39 is 0 Å². The molecule has 0 saturated heterocycles. The number of carbonyl (C=O) groups is 1. The number of aromatic amines is 1. The number of para-hydroxylation sites is 2. The summed E-state index contributed by atoms with van der Waals surface area (Å²) < 4.78 is 6.07. The summed E-state index contributed by atoms with van der Waals surface area (Å²) in [5.41, 5.74) is 3.21. The Morgan fingerprint density at radius 1 is 0.970 bits per heavy atom. The molecule has 4 aromatic rings. The molecule has 2 heterocycles. The van der Waals surface area contributed by atoms with Crippen LogP contribution in [0.1, 0.15) is 67.2 Å². The molecule has 1 saturated carbocycles. The Balaban J connectivity index is 0.00000126. The van der Waals surface area contributed by atoms with Crippen molar-refractivity contribution < 1.29 is 14.6 Å². The van der Waals surface area contributed by atoms with E-state index in [1.54, 1.807) is 30.5 Å². The fourth-order valence-electron chi connectivity index (χ4n) is 4.17. The van der Waals surface area contributed by atoms with Gasteiger partial charge in [0.25, 0.3) is 0 Å². The lowest BCUT2D eigenvalue weighted by atomic mass is 9.83. The lowest BCUT2D eigenvalue weighted by Crippen LogP contribution is -2.17. The van der Waals surface area contributed by atoms with Gasteiger partial charge in [-0.05, 0) is 74.1 Å². The summed E-state index contributed by atoms with van der Waals surface area (Å²) in [6, 6.07) is 18.6. The highest BCUT2D eigenvalue weighted by Gasteiger charge is 2.24. The Labute approximate surface area is 193 Å². The van der Waals surface area contributed by atoms with Gasteiger partial charge in [0, 0.05) is 17.3 Å². The number of fused-ring (bicyclic) bond motifs is 1. The van der Waals surface area contributed by atoms with E-state index in [1.807, 2.05) is 50.2 Å². The van der Waals surface area contributed by atoms with E-state index in [0.29, 0.717) is 28.9 Å². The van der Waals surface area contributed by atoms with Gasteiger partial charge in [-0.2, -0.15) is 0 Å². The number of ether oxygens (including phenoxy) is 1. The molecule has 0 radical (unpaired) electrons. The number of benzene rings is 2. The zero-order valence-electron chi connectivity index (χ0n) is 19.0. The van der Waals surface area contributed by atoms with Crippen molar-refractivity contribution in [2.75, 3.05) is 0 Å². The second-order valence-electron chi connectivity index (χ2n) is 7.96. The Bertz CT molecular complexity index is 1180. The Morgan fingerprint density at radius 2 is 1.70 bits per heavy atom. The van der Waals surface area contributed by atoms with Crippen LogP contribution in [0.4, 0.5) is 0 Å². The zero-order valence-corrected chi connectivity index (χ0v) is 19.0. The van der Waals surface area contributed by atoms with Crippen LogP contribution in [0.2, 0.25) is 0 Å². The fourth-order valence-corrected chi connectivity index (χ4v) is 4.17. The molecule has 0 spiro atoms. The third-order valence-corrected chi connectivity index (χ3v) is 5.87. The van der Waals surface area contributed by atoms with Gasteiger partial charge in [0.15, 0.2) is 5.82 Å². The Kier molecular flexibility index (Phi) is 7.15. The average molecular weight is 444 g/mol. The van der Waals surface area contributed by atoms with Crippen LogP contribution in [-0.2, 0) is 0 Å². The highest BCUT2D eigenvalue weighted by atomic mass is 16.5. The average Bonchev–Trinajstić information content (AvgIpc) is 3.31. The van der Waals surface area contributed by atoms with Gasteiger partial charge in [0.2, 0.25) is 11.7 Å². The minimum atomic E-state index is -0.200. The van der Waals surface area contributed by atoms with Crippen LogP contribution < -0.4 is 4.74 Å². The number of H-pyrrole nitrogens is 1. The topological polar surface area (TPSA) is 88.1 Å². The van der Waals surface area contributed by atoms with Crippen LogP contribution in [0.15, 0.2) is 66.9 Å². The lowest BCUT2D eigenvalue weighted by Gasteiger charge is -2.26. The fraction of sp³-hybridized carbons (Fsp3) is 0.296. The van der Waals surface area contributed by atoms with E-state index in [9.17, 15) is 9.90 Å². The number of aromatic nitrogens is 3. The predicted molar refractivity (Wildman–Crippen MR) is 129 cm³/mol. The molecule has 6 heteroatoms. The molecular formula is C27H29N3O3. The third kappa shape index (κ3) is 5.12. The molecule has 2 aromatic carbocycles. The maximum absolute atomic E-state index is 12.8. The number of aliphatic hydroxyl groups excluding tert-OH is 1. The van der Waals surface area contributed by atoms with Gasteiger partial charge in [-0.1, -0.05) is 32.0 Å². The molecule has 5 rings (SSSR count). The van der Waals surface area contributed by atoms with Gasteiger partial charge in [-0.3, -0.25) is 4.79 Å². The van der Waals surface area contributed by atoms with Crippen molar-refractivity contribution in [2.45, 2.75) is 51.6 Å². The van der Waals surface area contributed by atoms with Gasteiger partial charge < -0.3 is 14.8 Å². The van der Waals surface area contributed by atoms with Crippen molar-refractivity contribution in [3.63, 3.8) is 0 Å². The molecule has 1 aliphatic carbocycles. The summed E-state index contributed by atoms with van der Waals surface area (Å²) in [6.45, 7) is 4.00. The van der Waals surface area contributed by atoms with Crippen molar-refractivity contribution in [2.24, 2.45) is 0 Å². The van der Waals surface area contributed by atoms with E-state index in [4.69, 9.17) is 4.74 Å². The minimum Gasteiger partial charge on any atom is -0.439 e. The Hall–Kier alpha value is -3.51. The largest absolute Gasteiger partial charge is 0.439 e. The predicted octanol–water partition coefficient (Wildman–Crippen LogP) is 6.03. The van der Waals surface area contributed by atoms with E-state index in [2.05, 4.69) is 15.0 Å². The smallest absolute Gasteiger partial charge is 0.228 e.